The number of aromatic nitrogens is 1. The molecule has 0 spiro atoms. The molecule has 1 fully saturated rings. The summed E-state index contributed by atoms with van der Waals surface area (Å²) in [4.78, 5) is 26.6. The second kappa shape index (κ2) is 5.07. The number of amides is 2. The zero-order valence-corrected chi connectivity index (χ0v) is 9.55. The van der Waals surface area contributed by atoms with Gasteiger partial charge in [0.1, 0.15) is 0 Å². The molecule has 0 radical (unpaired) electrons. The van der Waals surface area contributed by atoms with Gasteiger partial charge in [-0.3, -0.25) is 9.59 Å². The van der Waals surface area contributed by atoms with Crippen molar-refractivity contribution in [1.82, 2.24) is 15.6 Å². The maximum absolute atomic E-state index is 11.6. The summed E-state index contributed by atoms with van der Waals surface area (Å²) >= 11 is 1.55. The molecule has 1 aliphatic rings. The monoisotopic (exact) mass is 239 g/mol. The molecule has 2 amide bonds. The van der Waals surface area contributed by atoms with Gasteiger partial charge in [0.05, 0.1) is 17.1 Å². The Bertz CT molecular complexity index is 377. The van der Waals surface area contributed by atoms with E-state index in [1.165, 1.54) is 0 Å². The Hall–Kier alpha value is -1.43. The van der Waals surface area contributed by atoms with Crippen LogP contribution in [0.15, 0.2) is 10.9 Å². The predicted molar refractivity (Wildman–Crippen MR) is 59.9 cm³/mol. The van der Waals surface area contributed by atoms with Gasteiger partial charge in [0.25, 0.3) is 0 Å². The van der Waals surface area contributed by atoms with Crippen LogP contribution in [0, 0.1) is 5.92 Å². The SMILES string of the molecule is O=C1CC(C(=O)NCCc2cscn2)CN1. The minimum absolute atomic E-state index is 0.0420. The van der Waals surface area contributed by atoms with Crippen molar-refractivity contribution in [2.75, 3.05) is 13.1 Å². The standard InChI is InChI=1S/C10H13N3O2S/c14-9-3-7(4-12-9)10(15)11-2-1-8-5-16-6-13-8/h5-7H,1-4H2,(H,11,15)(H,12,14). The van der Waals surface area contributed by atoms with Gasteiger partial charge in [0, 0.05) is 31.3 Å². The van der Waals surface area contributed by atoms with E-state index in [1.807, 2.05) is 5.38 Å². The van der Waals surface area contributed by atoms with Gasteiger partial charge in [-0.05, 0) is 0 Å². The minimum atomic E-state index is -0.206. The van der Waals surface area contributed by atoms with Gasteiger partial charge >= 0.3 is 0 Å². The van der Waals surface area contributed by atoms with Gasteiger partial charge in [-0.1, -0.05) is 0 Å². The van der Waals surface area contributed by atoms with E-state index in [0.29, 0.717) is 19.5 Å². The molecule has 0 aromatic carbocycles. The van der Waals surface area contributed by atoms with Crippen LogP contribution in [0.2, 0.25) is 0 Å². The van der Waals surface area contributed by atoms with E-state index in [-0.39, 0.29) is 17.7 Å². The fourth-order valence-electron chi connectivity index (χ4n) is 1.61. The van der Waals surface area contributed by atoms with Crippen LogP contribution in [0.1, 0.15) is 12.1 Å². The van der Waals surface area contributed by atoms with Crippen LogP contribution in [0.4, 0.5) is 0 Å². The van der Waals surface area contributed by atoms with Crippen LogP contribution >= 0.6 is 11.3 Å². The average molecular weight is 239 g/mol. The summed E-state index contributed by atoms with van der Waals surface area (Å²) in [5.74, 6) is -0.295. The van der Waals surface area contributed by atoms with E-state index in [9.17, 15) is 9.59 Å². The summed E-state index contributed by atoms with van der Waals surface area (Å²) in [6, 6.07) is 0. The maximum atomic E-state index is 11.6. The molecule has 1 aromatic heterocycles. The summed E-state index contributed by atoms with van der Waals surface area (Å²) in [7, 11) is 0. The largest absolute Gasteiger partial charge is 0.355 e. The Balaban J connectivity index is 1.70. The highest BCUT2D eigenvalue weighted by atomic mass is 32.1. The van der Waals surface area contributed by atoms with Gasteiger partial charge in [-0.2, -0.15) is 0 Å². The summed E-state index contributed by atoms with van der Waals surface area (Å²) in [6.45, 7) is 1.04. The topological polar surface area (TPSA) is 71.1 Å². The third-order valence-corrected chi connectivity index (χ3v) is 3.15. The first kappa shape index (κ1) is 11.1. The molecule has 2 rings (SSSR count). The third-order valence-electron chi connectivity index (χ3n) is 2.51. The summed E-state index contributed by atoms with van der Waals surface area (Å²) < 4.78 is 0. The van der Waals surface area contributed by atoms with Crippen LogP contribution in [-0.4, -0.2) is 29.9 Å². The molecule has 6 heteroatoms. The quantitative estimate of drug-likeness (QED) is 0.773. The lowest BCUT2D eigenvalue weighted by molar-refractivity contribution is -0.126. The molecule has 2 N–H and O–H groups in total. The third kappa shape index (κ3) is 2.79. The van der Waals surface area contributed by atoms with E-state index in [0.717, 1.165) is 12.1 Å². The Kier molecular flexibility index (Phi) is 3.51. The highest BCUT2D eigenvalue weighted by Gasteiger charge is 2.27. The van der Waals surface area contributed by atoms with Crippen molar-refractivity contribution in [2.45, 2.75) is 12.8 Å². The number of hydrogen-bond acceptors (Lipinski definition) is 4. The first-order chi connectivity index (χ1) is 7.75. The Morgan fingerprint density at radius 2 is 2.56 bits per heavy atom. The van der Waals surface area contributed by atoms with Crippen LogP contribution < -0.4 is 10.6 Å². The Morgan fingerprint density at radius 1 is 1.69 bits per heavy atom. The van der Waals surface area contributed by atoms with E-state index < -0.39 is 0 Å². The fraction of sp³-hybridized carbons (Fsp3) is 0.500. The van der Waals surface area contributed by atoms with Crippen molar-refractivity contribution >= 4 is 23.2 Å². The molecule has 2 heterocycles. The highest BCUT2D eigenvalue weighted by molar-refractivity contribution is 7.07. The number of carbonyl (C=O) groups excluding carboxylic acids is 2. The zero-order chi connectivity index (χ0) is 11.4. The van der Waals surface area contributed by atoms with E-state index in [1.54, 1.807) is 16.8 Å². The lowest BCUT2D eigenvalue weighted by Gasteiger charge is -2.07. The van der Waals surface area contributed by atoms with Crippen LogP contribution in [0.25, 0.3) is 0 Å². The molecule has 1 atom stereocenters. The minimum Gasteiger partial charge on any atom is -0.355 e. The first-order valence-corrected chi connectivity index (χ1v) is 6.11. The summed E-state index contributed by atoms with van der Waals surface area (Å²) in [5, 5.41) is 7.43. The smallest absolute Gasteiger partial charge is 0.225 e. The molecular weight excluding hydrogens is 226 g/mol. The Labute approximate surface area is 97.3 Å². The molecule has 1 unspecified atom stereocenters. The van der Waals surface area contributed by atoms with Crippen LogP contribution in [0.3, 0.4) is 0 Å². The van der Waals surface area contributed by atoms with Crippen molar-refractivity contribution in [3.05, 3.63) is 16.6 Å². The number of nitrogens with one attached hydrogen (secondary N) is 2. The molecule has 0 saturated carbocycles. The number of rotatable bonds is 4. The van der Waals surface area contributed by atoms with Gasteiger partial charge in [0.15, 0.2) is 0 Å². The van der Waals surface area contributed by atoms with Gasteiger partial charge in [0.2, 0.25) is 11.8 Å². The second-order valence-electron chi connectivity index (χ2n) is 3.73. The van der Waals surface area contributed by atoms with Crippen LogP contribution in [-0.2, 0) is 16.0 Å². The maximum Gasteiger partial charge on any atom is 0.225 e. The number of nitrogens with zero attached hydrogens (tertiary/aromatic N) is 1. The molecule has 1 saturated heterocycles. The van der Waals surface area contributed by atoms with Crippen molar-refractivity contribution in [2.24, 2.45) is 5.92 Å². The highest BCUT2D eigenvalue weighted by Crippen LogP contribution is 2.08. The average Bonchev–Trinajstić information content (AvgIpc) is 2.89. The lowest BCUT2D eigenvalue weighted by Crippen LogP contribution is -2.33. The van der Waals surface area contributed by atoms with Crippen LogP contribution in [0.5, 0.6) is 0 Å². The second-order valence-corrected chi connectivity index (χ2v) is 4.44. The van der Waals surface area contributed by atoms with Gasteiger partial charge in [-0.15, -0.1) is 11.3 Å². The normalized spacial score (nSPS) is 19.5. The lowest BCUT2D eigenvalue weighted by atomic mass is 10.1. The van der Waals surface area contributed by atoms with E-state index in [2.05, 4.69) is 15.6 Å². The van der Waals surface area contributed by atoms with Gasteiger partial charge < -0.3 is 10.6 Å². The molecule has 1 aliphatic heterocycles. The molecule has 0 bridgehead atoms. The first-order valence-electron chi connectivity index (χ1n) is 5.17. The number of hydrogen-bond donors (Lipinski definition) is 2. The number of carbonyl (C=O) groups is 2. The zero-order valence-electron chi connectivity index (χ0n) is 8.73. The summed E-state index contributed by atoms with van der Waals surface area (Å²) in [5.41, 5.74) is 2.77. The number of thiazole rings is 1. The van der Waals surface area contributed by atoms with Crippen molar-refractivity contribution in [3.63, 3.8) is 0 Å². The molecule has 0 aliphatic carbocycles. The molecule has 1 aromatic rings. The van der Waals surface area contributed by atoms with E-state index >= 15 is 0 Å². The van der Waals surface area contributed by atoms with E-state index in [4.69, 9.17) is 0 Å². The van der Waals surface area contributed by atoms with Gasteiger partial charge in [-0.25, -0.2) is 4.98 Å². The molecule has 5 nitrogen and oxygen atoms in total. The molecule has 16 heavy (non-hydrogen) atoms. The van der Waals surface area contributed by atoms with Crippen molar-refractivity contribution in [3.8, 4) is 0 Å². The molecular formula is C10H13N3O2S. The predicted octanol–water partition coefficient (Wildman–Crippen LogP) is -0.0621. The Morgan fingerprint density at radius 3 is 3.19 bits per heavy atom. The summed E-state index contributed by atoms with van der Waals surface area (Å²) in [6.07, 6.45) is 1.05. The van der Waals surface area contributed by atoms with Crippen molar-refractivity contribution in [1.29, 1.82) is 0 Å². The molecule has 86 valence electrons. The fourth-order valence-corrected chi connectivity index (χ4v) is 2.20. The van der Waals surface area contributed by atoms with Crippen molar-refractivity contribution < 1.29 is 9.59 Å².